The third-order valence-electron chi connectivity index (χ3n) is 8.38. The summed E-state index contributed by atoms with van der Waals surface area (Å²) in [4.78, 5) is 120. The zero-order valence-corrected chi connectivity index (χ0v) is 32.2. The van der Waals surface area contributed by atoms with Gasteiger partial charge >= 0.3 is 5.97 Å². The SMILES string of the molecule is CC(O)C(NC(=O)CNC(=O)C(CCC(=O)O)NC(=O)CNC(=O)C(N)Cc1cnc[nH]1)C(=O)NC(Cc1ccccc1)C(=O)NC(C(=O)NC(CO)C(N)=O)C(C)O. The van der Waals surface area contributed by atoms with Gasteiger partial charge < -0.3 is 74.1 Å². The summed E-state index contributed by atoms with van der Waals surface area (Å²) in [6.07, 6.45) is -1.41. The number of hydrogen-bond acceptors (Lipinski definition) is 14. The number of carbonyl (C=O) groups excluding carboxylic acids is 8. The Labute approximate surface area is 337 Å². The highest BCUT2D eigenvalue weighted by atomic mass is 16.4. The van der Waals surface area contributed by atoms with E-state index in [-0.39, 0.29) is 12.8 Å². The Bertz CT molecular complexity index is 1760. The summed E-state index contributed by atoms with van der Waals surface area (Å²) in [6.45, 7) is -0.0609. The maximum atomic E-state index is 13.5. The van der Waals surface area contributed by atoms with E-state index in [0.29, 0.717) is 11.3 Å². The molecule has 16 N–H and O–H groups in total. The smallest absolute Gasteiger partial charge is 0.303 e. The number of nitrogens with one attached hydrogen (secondary N) is 8. The monoisotopic (exact) mass is 833 g/mol. The lowest BCUT2D eigenvalue weighted by Gasteiger charge is -2.28. The maximum absolute atomic E-state index is 13.5. The van der Waals surface area contributed by atoms with Gasteiger partial charge in [-0.1, -0.05) is 30.3 Å². The molecule has 24 heteroatoms. The molecule has 0 fully saturated rings. The quantitative estimate of drug-likeness (QED) is 0.0442. The number of aliphatic carboxylic acids is 1. The number of H-pyrrole nitrogens is 1. The standard InChI is InChI=1S/C35H51N11O13/c1-17(48)28(34(58)43-23(10-19-6-4-3-5-7-19)33(57)46-29(18(2)49)35(59)44-24(15-47)30(37)54)45-26(51)14-40-32(56)22(8-9-27(52)53)42-25(50)13-39-31(55)21(36)11-20-12-38-16-41-20/h3-7,12,16-18,21-24,28-29,47-49H,8-11,13-15,36H2,1-2H3,(H2,37,54)(H,38,41)(H,39,55)(H,40,56)(H,42,50)(H,43,58)(H,44,59)(H,45,51)(H,46,57)(H,52,53). The Morgan fingerprint density at radius 2 is 1.27 bits per heavy atom. The number of primary amides is 1. The zero-order valence-electron chi connectivity index (χ0n) is 32.2. The van der Waals surface area contributed by atoms with Crippen LogP contribution in [0.25, 0.3) is 0 Å². The van der Waals surface area contributed by atoms with Crippen molar-refractivity contribution in [3.8, 4) is 0 Å². The molecule has 1 heterocycles. The molecule has 0 spiro atoms. The number of hydrogen-bond donors (Lipinski definition) is 14. The third kappa shape index (κ3) is 17.3. The number of aromatic amines is 1. The molecular formula is C35H51N11O13. The molecule has 1 aromatic heterocycles. The largest absolute Gasteiger partial charge is 0.481 e. The molecule has 0 saturated carbocycles. The van der Waals surface area contributed by atoms with Gasteiger partial charge in [0.25, 0.3) is 0 Å². The van der Waals surface area contributed by atoms with Crippen LogP contribution in [0.3, 0.4) is 0 Å². The van der Waals surface area contributed by atoms with Crippen molar-refractivity contribution in [1.29, 1.82) is 0 Å². The number of carboxylic acid groups (broad SMARTS) is 1. The first-order valence-corrected chi connectivity index (χ1v) is 18.1. The van der Waals surface area contributed by atoms with Crippen molar-refractivity contribution in [3.05, 3.63) is 54.1 Å². The minimum absolute atomic E-state index is 0.0820. The van der Waals surface area contributed by atoms with E-state index in [1.54, 1.807) is 30.3 Å². The number of nitrogens with zero attached hydrogens (tertiary/aromatic N) is 1. The molecule has 324 valence electrons. The number of carboxylic acids is 1. The van der Waals surface area contributed by atoms with Crippen molar-refractivity contribution in [2.75, 3.05) is 19.7 Å². The second kappa shape index (κ2) is 24.3. The molecule has 2 aromatic rings. The summed E-state index contributed by atoms with van der Waals surface area (Å²) in [7, 11) is 0. The van der Waals surface area contributed by atoms with Gasteiger partial charge in [0.15, 0.2) is 0 Å². The van der Waals surface area contributed by atoms with Gasteiger partial charge in [-0.25, -0.2) is 4.98 Å². The van der Waals surface area contributed by atoms with Gasteiger partial charge in [-0.3, -0.25) is 43.2 Å². The summed E-state index contributed by atoms with van der Waals surface area (Å²) in [6, 6.07) is -0.848. The van der Waals surface area contributed by atoms with Crippen LogP contribution >= 0.6 is 0 Å². The predicted molar refractivity (Wildman–Crippen MR) is 203 cm³/mol. The lowest BCUT2D eigenvalue weighted by atomic mass is 10.0. The van der Waals surface area contributed by atoms with Gasteiger partial charge in [-0.2, -0.15) is 0 Å². The number of aliphatic hydroxyl groups is 3. The molecule has 0 bridgehead atoms. The van der Waals surface area contributed by atoms with E-state index >= 15 is 0 Å². The Morgan fingerprint density at radius 1 is 0.712 bits per heavy atom. The highest BCUT2D eigenvalue weighted by Gasteiger charge is 2.34. The summed E-state index contributed by atoms with van der Waals surface area (Å²) in [5.41, 5.74) is 12.1. The van der Waals surface area contributed by atoms with Crippen LogP contribution in [-0.2, 0) is 56.0 Å². The zero-order chi connectivity index (χ0) is 44.2. The number of imidazole rings is 1. The molecule has 0 aliphatic carbocycles. The lowest BCUT2D eigenvalue weighted by Crippen LogP contribution is -2.62. The van der Waals surface area contributed by atoms with Gasteiger partial charge in [0.2, 0.25) is 47.3 Å². The van der Waals surface area contributed by atoms with Crippen molar-refractivity contribution in [1.82, 2.24) is 47.2 Å². The summed E-state index contributed by atoms with van der Waals surface area (Å²) in [5.74, 6) is -9.24. The Hall–Kier alpha value is -6.50. The number of aromatic nitrogens is 2. The molecule has 2 rings (SSSR count). The van der Waals surface area contributed by atoms with Crippen LogP contribution in [0.15, 0.2) is 42.9 Å². The van der Waals surface area contributed by atoms with Crippen LogP contribution in [-0.4, -0.2) is 152 Å². The topological polar surface area (TPSA) is 399 Å². The van der Waals surface area contributed by atoms with Crippen LogP contribution in [0, 0.1) is 0 Å². The number of aliphatic hydroxyl groups excluding tert-OH is 3. The van der Waals surface area contributed by atoms with Gasteiger partial charge in [0.05, 0.1) is 44.3 Å². The number of amides is 8. The molecule has 8 unspecified atom stereocenters. The molecule has 8 amide bonds. The highest BCUT2D eigenvalue weighted by molar-refractivity contribution is 5.97. The summed E-state index contributed by atoms with van der Waals surface area (Å²) in [5, 5.41) is 55.0. The number of carbonyl (C=O) groups is 9. The van der Waals surface area contributed by atoms with Crippen LogP contribution in [0.5, 0.6) is 0 Å². The molecule has 24 nitrogen and oxygen atoms in total. The minimum Gasteiger partial charge on any atom is -0.481 e. The second-order valence-electron chi connectivity index (χ2n) is 13.3. The van der Waals surface area contributed by atoms with Gasteiger partial charge in [0.1, 0.15) is 30.2 Å². The van der Waals surface area contributed by atoms with Crippen molar-refractivity contribution >= 4 is 53.2 Å². The minimum atomic E-state index is -1.74. The predicted octanol–water partition coefficient (Wildman–Crippen LogP) is -6.72. The normalized spacial score (nSPS) is 14.9. The average molecular weight is 834 g/mol. The molecule has 59 heavy (non-hydrogen) atoms. The average Bonchev–Trinajstić information content (AvgIpc) is 3.70. The number of nitrogens with two attached hydrogens (primary N) is 2. The Kier molecular flexibility index (Phi) is 20.0. The first kappa shape index (κ1) is 48.6. The van der Waals surface area contributed by atoms with Crippen LogP contribution in [0.4, 0.5) is 0 Å². The van der Waals surface area contributed by atoms with Crippen molar-refractivity contribution in [2.24, 2.45) is 11.5 Å². The van der Waals surface area contributed by atoms with E-state index in [1.807, 2.05) is 0 Å². The highest BCUT2D eigenvalue weighted by Crippen LogP contribution is 2.07. The molecule has 0 aliphatic rings. The molecule has 0 aliphatic heterocycles. The van der Waals surface area contributed by atoms with Gasteiger partial charge in [-0.15, -0.1) is 0 Å². The molecule has 8 atom stereocenters. The van der Waals surface area contributed by atoms with E-state index in [2.05, 4.69) is 47.2 Å². The van der Waals surface area contributed by atoms with Crippen molar-refractivity contribution in [2.45, 2.75) is 88.0 Å². The fraction of sp³-hybridized carbons (Fsp3) is 0.486. The van der Waals surface area contributed by atoms with Crippen molar-refractivity contribution < 1.29 is 63.6 Å². The molecular weight excluding hydrogens is 782 g/mol. The fourth-order valence-corrected chi connectivity index (χ4v) is 5.17. The van der Waals surface area contributed by atoms with E-state index in [4.69, 9.17) is 16.6 Å². The fourth-order valence-electron chi connectivity index (χ4n) is 5.17. The van der Waals surface area contributed by atoms with E-state index in [0.717, 1.165) is 13.8 Å². The number of rotatable bonds is 25. The Balaban J connectivity index is 2.11. The van der Waals surface area contributed by atoms with Gasteiger partial charge in [-0.05, 0) is 25.8 Å². The Morgan fingerprint density at radius 3 is 1.80 bits per heavy atom. The van der Waals surface area contributed by atoms with Crippen LogP contribution in [0.2, 0.25) is 0 Å². The van der Waals surface area contributed by atoms with Gasteiger partial charge in [0, 0.05) is 31.2 Å². The van der Waals surface area contributed by atoms with E-state index in [1.165, 1.54) is 12.5 Å². The second-order valence-corrected chi connectivity index (χ2v) is 13.3. The molecule has 0 saturated heterocycles. The van der Waals surface area contributed by atoms with Crippen LogP contribution in [0.1, 0.15) is 37.9 Å². The molecule has 0 radical (unpaired) electrons. The maximum Gasteiger partial charge on any atom is 0.303 e. The third-order valence-corrected chi connectivity index (χ3v) is 8.38. The summed E-state index contributed by atoms with van der Waals surface area (Å²) >= 11 is 0. The lowest BCUT2D eigenvalue weighted by molar-refractivity contribution is -0.138. The number of benzene rings is 1. The first-order chi connectivity index (χ1) is 27.8. The first-order valence-electron chi connectivity index (χ1n) is 18.1. The summed E-state index contributed by atoms with van der Waals surface area (Å²) < 4.78 is 0. The van der Waals surface area contributed by atoms with E-state index < -0.39 is 134 Å². The van der Waals surface area contributed by atoms with E-state index in [9.17, 15) is 58.5 Å². The van der Waals surface area contributed by atoms with Crippen LogP contribution < -0.4 is 48.7 Å². The molecule has 1 aromatic carbocycles. The van der Waals surface area contributed by atoms with Crippen molar-refractivity contribution in [3.63, 3.8) is 0 Å².